The zero-order valence-corrected chi connectivity index (χ0v) is 24.5. The summed E-state index contributed by atoms with van der Waals surface area (Å²) in [4.78, 5) is 29.4. The van der Waals surface area contributed by atoms with Crippen molar-refractivity contribution < 1.29 is 19.1 Å². The number of fused-ring (bicyclic) bond motifs is 1. The van der Waals surface area contributed by atoms with E-state index in [1.807, 2.05) is 81.4 Å². The Balaban J connectivity index is 1.58. The summed E-state index contributed by atoms with van der Waals surface area (Å²) in [5.41, 5.74) is 4.75. The van der Waals surface area contributed by atoms with Crippen LogP contribution < -0.4 is 5.32 Å². The second kappa shape index (κ2) is 10.9. The number of halogens is 1. The van der Waals surface area contributed by atoms with Crippen molar-refractivity contribution in [1.82, 2.24) is 19.9 Å². The van der Waals surface area contributed by atoms with Crippen molar-refractivity contribution >= 4 is 39.7 Å². The van der Waals surface area contributed by atoms with Crippen LogP contribution in [0.3, 0.4) is 0 Å². The molecule has 1 aliphatic carbocycles. The van der Waals surface area contributed by atoms with Crippen LogP contribution in [0.1, 0.15) is 51.2 Å². The Morgan fingerprint density at radius 3 is 2.35 bits per heavy atom. The number of benzene rings is 2. The third kappa shape index (κ3) is 5.65. The van der Waals surface area contributed by atoms with E-state index in [1.54, 1.807) is 10.6 Å². The molecule has 1 fully saturated rings. The number of carbonyl (C=O) groups excluding carboxylic acids is 2. The van der Waals surface area contributed by atoms with Crippen LogP contribution in [0.2, 0.25) is 0 Å². The van der Waals surface area contributed by atoms with Gasteiger partial charge in [-0.05, 0) is 73.7 Å². The summed E-state index contributed by atoms with van der Waals surface area (Å²) >= 11 is 3.51. The molecule has 1 N–H and O–H groups in total. The molecule has 8 nitrogen and oxygen atoms in total. The number of hydrogen-bond acceptors (Lipinski definition) is 6. The standard InChI is InChI=1S/C31H31BrN4O4/c1-30(2,3)40-29(38)34-31(17-8-18-31)23-14-11-20(12-15-23)26-27(21-9-6-5-7-10-21)36-28(33-26)22(19-24(32)35-36)13-16-25(37)39-4/h5-7,9-16,19H,8,17-18H2,1-4H3,(H,34,38). The minimum Gasteiger partial charge on any atom is -0.466 e. The summed E-state index contributed by atoms with van der Waals surface area (Å²) in [5.74, 6) is -0.457. The van der Waals surface area contributed by atoms with E-state index in [1.165, 1.54) is 13.2 Å². The molecule has 206 valence electrons. The minimum atomic E-state index is -0.566. The van der Waals surface area contributed by atoms with Crippen molar-refractivity contribution in [2.45, 2.75) is 51.2 Å². The summed E-state index contributed by atoms with van der Waals surface area (Å²) < 4.78 is 12.7. The number of alkyl carbamates (subject to hydrolysis) is 1. The predicted molar refractivity (Wildman–Crippen MR) is 158 cm³/mol. The van der Waals surface area contributed by atoms with Crippen LogP contribution in [0.25, 0.3) is 34.2 Å². The molecule has 1 amide bonds. The van der Waals surface area contributed by atoms with Gasteiger partial charge in [-0.25, -0.2) is 19.1 Å². The SMILES string of the molecule is COC(=O)C=Cc1cc(Br)nn2c(-c3ccccc3)c(-c3ccc(C4(NC(=O)OC(C)(C)C)CCC4)cc3)nc12. The fourth-order valence-electron chi connectivity index (χ4n) is 4.88. The van der Waals surface area contributed by atoms with Gasteiger partial charge in [0.1, 0.15) is 15.9 Å². The Bertz CT molecular complexity index is 1580. The summed E-state index contributed by atoms with van der Waals surface area (Å²) in [6, 6.07) is 19.9. The first-order chi connectivity index (χ1) is 19.1. The molecule has 2 aromatic heterocycles. The molecule has 0 saturated heterocycles. The highest BCUT2D eigenvalue weighted by Gasteiger charge is 2.41. The summed E-state index contributed by atoms with van der Waals surface area (Å²) in [7, 11) is 1.34. The van der Waals surface area contributed by atoms with Crippen LogP contribution in [0.15, 0.2) is 71.3 Å². The van der Waals surface area contributed by atoms with Crippen LogP contribution in [-0.2, 0) is 19.8 Å². The number of hydrogen-bond donors (Lipinski definition) is 1. The number of aromatic nitrogens is 3. The average Bonchev–Trinajstić information content (AvgIpc) is 3.28. The first-order valence-electron chi connectivity index (χ1n) is 13.1. The van der Waals surface area contributed by atoms with Crippen LogP contribution >= 0.6 is 15.9 Å². The van der Waals surface area contributed by atoms with Crippen molar-refractivity contribution in [3.63, 3.8) is 0 Å². The molecule has 2 aromatic carbocycles. The lowest BCUT2D eigenvalue weighted by Crippen LogP contribution is -2.52. The highest BCUT2D eigenvalue weighted by molar-refractivity contribution is 9.10. The van der Waals surface area contributed by atoms with Gasteiger partial charge in [0, 0.05) is 22.8 Å². The molecule has 5 rings (SSSR count). The van der Waals surface area contributed by atoms with Gasteiger partial charge >= 0.3 is 12.1 Å². The minimum absolute atomic E-state index is 0.410. The Labute approximate surface area is 241 Å². The summed E-state index contributed by atoms with van der Waals surface area (Å²) in [6.45, 7) is 5.58. The van der Waals surface area contributed by atoms with Crippen LogP contribution in [0.4, 0.5) is 4.79 Å². The van der Waals surface area contributed by atoms with Crippen LogP contribution in [-0.4, -0.2) is 39.4 Å². The normalized spacial score (nSPS) is 14.6. The van der Waals surface area contributed by atoms with E-state index in [-0.39, 0.29) is 0 Å². The fraction of sp³-hybridized carbons (Fsp3) is 0.290. The number of methoxy groups -OCH3 is 1. The number of nitrogens with one attached hydrogen (secondary N) is 1. The lowest BCUT2D eigenvalue weighted by molar-refractivity contribution is -0.134. The third-order valence-electron chi connectivity index (χ3n) is 6.89. The monoisotopic (exact) mass is 602 g/mol. The first kappa shape index (κ1) is 27.6. The lowest BCUT2D eigenvalue weighted by atomic mass is 9.71. The number of amides is 1. The molecule has 2 heterocycles. The zero-order chi connectivity index (χ0) is 28.5. The second-order valence-corrected chi connectivity index (χ2v) is 11.6. The predicted octanol–water partition coefficient (Wildman–Crippen LogP) is 6.92. The number of imidazole rings is 1. The molecule has 0 atom stereocenters. The maximum absolute atomic E-state index is 12.6. The van der Waals surface area contributed by atoms with Crippen molar-refractivity contribution in [1.29, 1.82) is 0 Å². The van der Waals surface area contributed by atoms with Crippen molar-refractivity contribution in [2.24, 2.45) is 0 Å². The molecular weight excluding hydrogens is 572 g/mol. The van der Waals surface area contributed by atoms with E-state index in [0.29, 0.717) is 15.8 Å². The number of ether oxygens (including phenoxy) is 2. The molecule has 4 aromatic rings. The second-order valence-electron chi connectivity index (χ2n) is 10.8. The molecule has 0 radical (unpaired) electrons. The fourth-order valence-corrected chi connectivity index (χ4v) is 5.29. The Morgan fingerprint density at radius 1 is 1.05 bits per heavy atom. The van der Waals surface area contributed by atoms with Crippen LogP contribution in [0.5, 0.6) is 0 Å². The molecular formula is C31H31BrN4O4. The van der Waals surface area contributed by atoms with E-state index in [4.69, 9.17) is 19.6 Å². The number of esters is 1. The van der Waals surface area contributed by atoms with Gasteiger partial charge < -0.3 is 14.8 Å². The molecule has 0 aliphatic heterocycles. The van der Waals surface area contributed by atoms with Gasteiger partial charge in [-0.2, -0.15) is 5.10 Å². The number of rotatable bonds is 6. The summed E-state index contributed by atoms with van der Waals surface area (Å²) in [6.07, 6.45) is 5.36. The molecule has 0 unspecified atom stereocenters. The molecule has 0 spiro atoms. The van der Waals surface area contributed by atoms with Gasteiger partial charge in [0.15, 0.2) is 5.65 Å². The van der Waals surface area contributed by atoms with E-state index in [9.17, 15) is 9.59 Å². The summed E-state index contributed by atoms with van der Waals surface area (Å²) in [5, 5.41) is 7.83. The van der Waals surface area contributed by atoms with Crippen molar-refractivity contribution in [3.05, 3.63) is 82.5 Å². The topological polar surface area (TPSA) is 94.8 Å². The number of carbonyl (C=O) groups is 2. The molecule has 9 heteroatoms. The largest absolute Gasteiger partial charge is 0.466 e. The Hall–Kier alpha value is -3.98. The number of nitrogens with zero attached hydrogens (tertiary/aromatic N) is 3. The van der Waals surface area contributed by atoms with Gasteiger partial charge in [0.2, 0.25) is 0 Å². The zero-order valence-electron chi connectivity index (χ0n) is 22.9. The van der Waals surface area contributed by atoms with Gasteiger partial charge in [0.25, 0.3) is 0 Å². The maximum Gasteiger partial charge on any atom is 0.408 e. The van der Waals surface area contributed by atoms with Gasteiger partial charge in [-0.15, -0.1) is 0 Å². The van der Waals surface area contributed by atoms with Crippen molar-refractivity contribution in [2.75, 3.05) is 7.11 Å². The van der Waals surface area contributed by atoms with E-state index in [0.717, 1.165) is 47.3 Å². The highest BCUT2D eigenvalue weighted by Crippen LogP contribution is 2.42. The van der Waals surface area contributed by atoms with Gasteiger partial charge in [0.05, 0.1) is 18.3 Å². The van der Waals surface area contributed by atoms with E-state index < -0.39 is 23.2 Å². The Kier molecular flexibility index (Phi) is 7.51. The molecule has 40 heavy (non-hydrogen) atoms. The molecule has 1 aliphatic rings. The van der Waals surface area contributed by atoms with Crippen LogP contribution in [0, 0.1) is 0 Å². The average molecular weight is 604 g/mol. The highest BCUT2D eigenvalue weighted by atomic mass is 79.9. The van der Waals surface area contributed by atoms with Crippen molar-refractivity contribution in [3.8, 4) is 22.5 Å². The smallest absolute Gasteiger partial charge is 0.408 e. The lowest BCUT2D eigenvalue weighted by Gasteiger charge is -2.43. The maximum atomic E-state index is 12.6. The van der Waals surface area contributed by atoms with E-state index >= 15 is 0 Å². The van der Waals surface area contributed by atoms with E-state index in [2.05, 4.69) is 21.2 Å². The molecule has 1 saturated carbocycles. The first-order valence-corrected chi connectivity index (χ1v) is 13.9. The quantitative estimate of drug-likeness (QED) is 0.190. The Morgan fingerprint density at radius 2 is 1.75 bits per heavy atom. The molecule has 0 bridgehead atoms. The van der Waals surface area contributed by atoms with Gasteiger partial charge in [-0.3, -0.25) is 0 Å². The van der Waals surface area contributed by atoms with Gasteiger partial charge in [-0.1, -0.05) is 54.6 Å². The third-order valence-corrected chi connectivity index (χ3v) is 7.28.